The molecule has 1 rings (SSSR count). The van der Waals surface area contributed by atoms with Crippen LogP contribution in [0.4, 0.5) is 5.69 Å². The molecule has 0 saturated carbocycles. The Labute approximate surface area is 107 Å². The molecule has 0 aliphatic rings. The summed E-state index contributed by atoms with van der Waals surface area (Å²) in [6.07, 6.45) is 1.67. The number of likely N-dealkylation sites (N-methyl/N-ethyl adjacent to an activating group) is 1. The lowest BCUT2D eigenvalue weighted by molar-refractivity contribution is -0.384. The van der Waals surface area contributed by atoms with Crippen molar-refractivity contribution in [2.24, 2.45) is 0 Å². The van der Waals surface area contributed by atoms with Gasteiger partial charge in [0.25, 0.3) is 5.69 Å². The number of nitrogens with one attached hydrogen (secondary N) is 1. The van der Waals surface area contributed by atoms with Crippen LogP contribution in [0, 0.1) is 21.4 Å². The second kappa shape index (κ2) is 6.72. The molecule has 0 aliphatic carbocycles. The third-order valence-corrected chi connectivity index (χ3v) is 2.88. The number of nitro benzene ring substituents is 1. The van der Waals surface area contributed by atoms with E-state index >= 15 is 0 Å². The van der Waals surface area contributed by atoms with Crippen LogP contribution in [0.5, 0.6) is 0 Å². The number of rotatable bonds is 6. The predicted molar refractivity (Wildman–Crippen MR) is 69.3 cm³/mol. The normalized spacial score (nSPS) is 11.8. The molecule has 0 bridgehead atoms. The molecule has 0 saturated heterocycles. The third kappa shape index (κ3) is 3.54. The first-order chi connectivity index (χ1) is 8.62. The van der Waals surface area contributed by atoms with Crippen LogP contribution in [0.25, 0.3) is 0 Å². The second-order valence-electron chi connectivity index (χ2n) is 4.08. The number of hydrogen-bond donors (Lipinski definition) is 1. The van der Waals surface area contributed by atoms with Gasteiger partial charge in [-0.3, -0.25) is 10.1 Å². The number of hydrogen-bond acceptors (Lipinski definition) is 4. The average molecular weight is 247 g/mol. The quantitative estimate of drug-likeness (QED) is 0.618. The van der Waals surface area contributed by atoms with E-state index in [0.29, 0.717) is 18.0 Å². The van der Waals surface area contributed by atoms with Gasteiger partial charge in [-0.25, -0.2) is 0 Å². The monoisotopic (exact) mass is 247 g/mol. The molecule has 1 aromatic carbocycles. The molecule has 18 heavy (non-hydrogen) atoms. The Hall–Kier alpha value is -1.93. The lowest BCUT2D eigenvalue weighted by Gasteiger charge is -2.16. The Morgan fingerprint density at radius 3 is 2.72 bits per heavy atom. The van der Waals surface area contributed by atoms with Gasteiger partial charge in [0.05, 0.1) is 16.6 Å². The molecule has 1 atom stereocenters. The van der Waals surface area contributed by atoms with Gasteiger partial charge in [0.1, 0.15) is 0 Å². The molecule has 5 heteroatoms. The van der Waals surface area contributed by atoms with Crippen LogP contribution in [0.1, 0.15) is 31.4 Å². The van der Waals surface area contributed by atoms with Crippen molar-refractivity contribution in [3.63, 3.8) is 0 Å². The molecule has 0 radical (unpaired) electrons. The highest BCUT2D eigenvalue weighted by Gasteiger charge is 2.13. The summed E-state index contributed by atoms with van der Waals surface area (Å²) in [6, 6.07) is 6.80. The third-order valence-electron chi connectivity index (χ3n) is 2.88. The molecule has 1 unspecified atom stereocenters. The SMILES string of the molecule is CCNC(CC)Cc1ccc([N+](=O)[O-])cc1C#N. The number of nitriles is 1. The number of non-ortho nitro benzene ring substituents is 1. The molecule has 1 aromatic rings. The smallest absolute Gasteiger partial charge is 0.270 e. The maximum atomic E-state index is 10.6. The van der Waals surface area contributed by atoms with Crippen molar-refractivity contribution in [1.82, 2.24) is 5.32 Å². The van der Waals surface area contributed by atoms with E-state index in [2.05, 4.69) is 12.2 Å². The predicted octanol–water partition coefficient (Wildman–Crippen LogP) is 2.40. The molecule has 0 aromatic heterocycles. The van der Waals surface area contributed by atoms with Crippen LogP contribution in [0.3, 0.4) is 0 Å². The van der Waals surface area contributed by atoms with E-state index in [0.717, 1.165) is 18.5 Å². The molecular weight excluding hydrogens is 230 g/mol. The lowest BCUT2D eigenvalue weighted by Crippen LogP contribution is -2.30. The van der Waals surface area contributed by atoms with Crippen LogP contribution in [0.2, 0.25) is 0 Å². The summed E-state index contributed by atoms with van der Waals surface area (Å²) in [5, 5.41) is 23.0. The van der Waals surface area contributed by atoms with Crippen LogP contribution in [0.15, 0.2) is 18.2 Å². The standard InChI is InChI=1S/C13H17N3O2/c1-3-12(15-4-2)7-10-5-6-13(16(17)18)8-11(10)9-14/h5-6,8,12,15H,3-4,7H2,1-2H3. The highest BCUT2D eigenvalue weighted by molar-refractivity contribution is 5.46. The summed E-state index contributed by atoms with van der Waals surface area (Å²) in [4.78, 5) is 10.2. The van der Waals surface area contributed by atoms with Gasteiger partial charge >= 0.3 is 0 Å². The van der Waals surface area contributed by atoms with Crippen molar-refractivity contribution >= 4 is 5.69 Å². The summed E-state index contributed by atoms with van der Waals surface area (Å²) < 4.78 is 0. The molecule has 0 fully saturated rings. The fourth-order valence-electron chi connectivity index (χ4n) is 1.88. The summed E-state index contributed by atoms with van der Waals surface area (Å²) in [5.41, 5.74) is 1.21. The Morgan fingerprint density at radius 1 is 1.50 bits per heavy atom. The van der Waals surface area contributed by atoms with Gasteiger partial charge in [-0.05, 0) is 24.9 Å². The van der Waals surface area contributed by atoms with E-state index in [1.807, 2.05) is 13.0 Å². The fraction of sp³-hybridized carbons (Fsp3) is 0.462. The van der Waals surface area contributed by atoms with E-state index in [4.69, 9.17) is 5.26 Å². The first-order valence-electron chi connectivity index (χ1n) is 6.03. The molecule has 1 N–H and O–H groups in total. The Balaban J connectivity index is 2.96. The van der Waals surface area contributed by atoms with Crippen LogP contribution in [-0.2, 0) is 6.42 Å². The van der Waals surface area contributed by atoms with Crippen molar-refractivity contribution in [2.45, 2.75) is 32.7 Å². The zero-order valence-electron chi connectivity index (χ0n) is 10.6. The van der Waals surface area contributed by atoms with Crippen LogP contribution in [-0.4, -0.2) is 17.5 Å². The lowest BCUT2D eigenvalue weighted by atomic mass is 9.99. The van der Waals surface area contributed by atoms with Crippen molar-refractivity contribution in [1.29, 1.82) is 5.26 Å². The van der Waals surface area contributed by atoms with Gasteiger partial charge in [-0.1, -0.05) is 19.9 Å². The van der Waals surface area contributed by atoms with Crippen molar-refractivity contribution in [2.75, 3.05) is 6.54 Å². The van der Waals surface area contributed by atoms with Gasteiger partial charge in [-0.2, -0.15) is 5.26 Å². The molecular formula is C13H17N3O2. The van der Waals surface area contributed by atoms with Crippen LogP contribution >= 0.6 is 0 Å². The van der Waals surface area contributed by atoms with E-state index < -0.39 is 4.92 Å². The first-order valence-corrected chi connectivity index (χ1v) is 6.03. The Bertz CT molecular complexity index is 466. The van der Waals surface area contributed by atoms with Crippen LogP contribution < -0.4 is 5.32 Å². The van der Waals surface area contributed by atoms with Gasteiger partial charge in [0.2, 0.25) is 0 Å². The van der Waals surface area contributed by atoms with E-state index in [-0.39, 0.29) is 5.69 Å². The Kier molecular flexibility index (Phi) is 5.28. The molecule has 96 valence electrons. The Morgan fingerprint density at radius 2 is 2.22 bits per heavy atom. The second-order valence-corrected chi connectivity index (χ2v) is 4.08. The number of benzene rings is 1. The highest BCUT2D eigenvalue weighted by Crippen LogP contribution is 2.19. The topological polar surface area (TPSA) is 79.0 Å². The first kappa shape index (κ1) is 14.1. The van der Waals surface area contributed by atoms with Gasteiger partial charge in [-0.15, -0.1) is 0 Å². The molecule has 0 heterocycles. The minimum atomic E-state index is -0.480. The van der Waals surface area contributed by atoms with Crippen molar-refractivity contribution in [3.05, 3.63) is 39.4 Å². The highest BCUT2D eigenvalue weighted by atomic mass is 16.6. The van der Waals surface area contributed by atoms with Gasteiger partial charge in [0, 0.05) is 18.2 Å². The van der Waals surface area contributed by atoms with Gasteiger partial charge in [0.15, 0.2) is 0 Å². The van der Waals surface area contributed by atoms with Crippen molar-refractivity contribution < 1.29 is 4.92 Å². The maximum Gasteiger partial charge on any atom is 0.270 e. The molecule has 0 amide bonds. The molecule has 5 nitrogen and oxygen atoms in total. The molecule has 0 aliphatic heterocycles. The summed E-state index contributed by atoms with van der Waals surface area (Å²) in [6.45, 7) is 4.97. The minimum Gasteiger partial charge on any atom is -0.314 e. The largest absolute Gasteiger partial charge is 0.314 e. The summed E-state index contributed by atoms with van der Waals surface area (Å²) >= 11 is 0. The van der Waals surface area contributed by atoms with Gasteiger partial charge < -0.3 is 5.32 Å². The maximum absolute atomic E-state index is 10.6. The number of nitro groups is 1. The number of nitrogens with zero attached hydrogens (tertiary/aromatic N) is 2. The van der Waals surface area contributed by atoms with E-state index in [9.17, 15) is 10.1 Å². The summed E-state index contributed by atoms with van der Waals surface area (Å²) in [5.74, 6) is 0. The van der Waals surface area contributed by atoms with E-state index in [1.54, 1.807) is 6.07 Å². The van der Waals surface area contributed by atoms with Crippen molar-refractivity contribution in [3.8, 4) is 6.07 Å². The molecule has 0 spiro atoms. The minimum absolute atomic E-state index is 0.0354. The van der Waals surface area contributed by atoms with E-state index in [1.165, 1.54) is 12.1 Å². The average Bonchev–Trinajstić information content (AvgIpc) is 2.38. The summed E-state index contributed by atoms with van der Waals surface area (Å²) in [7, 11) is 0. The zero-order chi connectivity index (χ0) is 13.5. The fourth-order valence-corrected chi connectivity index (χ4v) is 1.88. The zero-order valence-corrected chi connectivity index (χ0v) is 10.6.